The molecular weight excluding hydrogens is 394 g/mol. The molecule has 0 bridgehead atoms. The summed E-state index contributed by atoms with van der Waals surface area (Å²) in [6.45, 7) is 6.04. The molecule has 0 saturated carbocycles. The summed E-state index contributed by atoms with van der Waals surface area (Å²) in [6.07, 6.45) is 3.56. The van der Waals surface area contributed by atoms with Crippen LogP contribution >= 0.6 is 0 Å². The third kappa shape index (κ3) is 4.58. The molecule has 0 atom stereocenters. The minimum atomic E-state index is -0.500. The number of amides is 1. The number of carbonyl (C=O) groups excluding carboxylic acids is 1. The zero-order chi connectivity index (χ0) is 22.5. The van der Waals surface area contributed by atoms with E-state index >= 15 is 0 Å². The summed E-state index contributed by atoms with van der Waals surface area (Å²) in [5.41, 5.74) is 2.48. The second-order valence-electron chi connectivity index (χ2n) is 7.50. The summed E-state index contributed by atoms with van der Waals surface area (Å²) in [7, 11) is 1.61. The Morgan fingerprint density at radius 1 is 1.10 bits per heavy atom. The number of phenols is 1. The van der Waals surface area contributed by atoms with Gasteiger partial charge in [-0.3, -0.25) is 9.59 Å². The van der Waals surface area contributed by atoms with Gasteiger partial charge in [0.2, 0.25) is 5.43 Å². The number of hydrogen-bond acceptors (Lipinski definition) is 5. The molecule has 3 rings (SSSR count). The highest BCUT2D eigenvalue weighted by molar-refractivity contribution is 6.07. The Morgan fingerprint density at radius 2 is 1.77 bits per heavy atom. The highest BCUT2D eigenvalue weighted by atomic mass is 16.5. The van der Waals surface area contributed by atoms with E-state index in [2.05, 4.69) is 5.32 Å². The fourth-order valence-electron chi connectivity index (χ4n) is 3.72. The molecule has 164 valence electrons. The van der Waals surface area contributed by atoms with Crippen LogP contribution in [0.25, 0.3) is 11.0 Å². The Kier molecular flexibility index (Phi) is 7.00. The fraction of sp³-hybridized carbons (Fsp3) is 0.360. The van der Waals surface area contributed by atoms with Crippen LogP contribution in [0.5, 0.6) is 11.5 Å². The first-order valence-electron chi connectivity index (χ1n) is 10.7. The fourth-order valence-corrected chi connectivity index (χ4v) is 3.72. The van der Waals surface area contributed by atoms with Crippen molar-refractivity contribution in [2.75, 3.05) is 12.4 Å². The summed E-state index contributed by atoms with van der Waals surface area (Å²) >= 11 is 0. The summed E-state index contributed by atoms with van der Waals surface area (Å²) in [5, 5.41) is 13.0. The van der Waals surface area contributed by atoms with Crippen LogP contribution in [0.1, 0.15) is 60.9 Å². The summed E-state index contributed by atoms with van der Waals surface area (Å²) in [6, 6.07) is 8.15. The standard InChI is InChI=1S/C25H29NO5/c1-5-8-9-21-22(24(28)19-14-17(27)10-11-20(19)31-21)25(29)26-23-15(6-2)12-18(30-4)13-16(23)7-3/h10-14,27H,5-9H2,1-4H3,(H,26,29). The first kappa shape index (κ1) is 22.4. The van der Waals surface area contributed by atoms with Crippen molar-refractivity contribution in [1.82, 2.24) is 0 Å². The van der Waals surface area contributed by atoms with Crippen molar-refractivity contribution >= 4 is 22.6 Å². The Labute approximate surface area is 181 Å². The number of rotatable bonds is 8. The molecule has 0 aliphatic rings. The number of anilines is 1. The number of carbonyl (C=O) groups is 1. The van der Waals surface area contributed by atoms with Gasteiger partial charge in [0.05, 0.1) is 12.5 Å². The zero-order valence-corrected chi connectivity index (χ0v) is 18.5. The second-order valence-corrected chi connectivity index (χ2v) is 7.50. The number of hydrogen-bond donors (Lipinski definition) is 2. The van der Waals surface area contributed by atoms with Crippen molar-refractivity contribution in [2.24, 2.45) is 0 Å². The lowest BCUT2D eigenvalue weighted by molar-refractivity contribution is 0.102. The Hall–Kier alpha value is -3.28. The lowest BCUT2D eigenvalue weighted by Gasteiger charge is -2.17. The molecule has 0 radical (unpaired) electrons. The van der Waals surface area contributed by atoms with E-state index in [0.29, 0.717) is 36.3 Å². The van der Waals surface area contributed by atoms with Gasteiger partial charge in [0, 0.05) is 12.1 Å². The van der Waals surface area contributed by atoms with Gasteiger partial charge in [-0.05, 0) is 60.7 Å². The maximum absolute atomic E-state index is 13.4. The van der Waals surface area contributed by atoms with Crippen molar-refractivity contribution in [1.29, 1.82) is 0 Å². The molecule has 1 amide bonds. The molecule has 0 aliphatic carbocycles. The van der Waals surface area contributed by atoms with Crippen molar-refractivity contribution in [2.45, 2.75) is 52.9 Å². The summed E-state index contributed by atoms with van der Waals surface area (Å²) in [4.78, 5) is 26.6. The molecule has 2 aromatic carbocycles. The van der Waals surface area contributed by atoms with Crippen LogP contribution in [-0.2, 0) is 19.3 Å². The quantitative estimate of drug-likeness (QED) is 0.518. The van der Waals surface area contributed by atoms with Crippen LogP contribution in [0.3, 0.4) is 0 Å². The van der Waals surface area contributed by atoms with E-state index in [1.54, 1.807) is 13.2 Å². The largest absolute Gasteiger partial charge is 0.508 e. The normalized spacial score (nSPS) is 11.0. The van der Waals surface area contributed by atoms with Crippen LogP contribution in [0, 0.1) is 0 Å². The molecule has 6 nitrogen and oxygen atoms in total. The number of aromatic hydroxyl groups is 1. The molecule has 0 aliphatic heterocycles. The maximum atomic E-state index is 13.4. The number of benzene rings is 2. The van der Waals surface area contributed by atoms with Crippen LogP contribution in [0.4, 0.5) is 5.69 Å². The third-order valence-corrected chi connectivity index (χ3v) is 5.44. The SMILES string of the molecule is CCCCc1oc2ccc(O)cc2c(=O)c1C(=O)Nc1c(CC)cc(OC)cc1CC. The van der Waals surface area contributed by atoms with Gasteiger partial charge >= 0.3 is 0 Å². The molecule has 0 spiro atoms. The van der Waals surface area contributed by atoms with Gasteiger partial charge in [-0.1, -0.05) is 27.2 Å². The van der Waals surface area contributed by atoms with Crippen LogP contribution < -0.4 is 15.5 Å². The van der Waals surface area contributed by atoms with E-state index in [0.717, 1.165) is 29.7 Å². The Balaban J connectivity index is 2.14. The Morgan fingerprint density at radius 3 is 2.35 bits per heavy atom. The van der Waals surface area contributed by atoms with Crippen molar-refractivity contribution in [3.8, 4) is 11.5 Å². The number of aryl methyl sites for hydroxylation is 3. The van der Waals surface area contributed by atoms with Crippen molar-refractivity contribution in [3.05, 3.63) is 63.0 Å². The van der Waals surface area contributed by atoms with Crippen LogP contribution in [0.15, 0.2) is 39.5 Å². The molecule has 6 heteroatoms. The molecule has 3 aromatic rings. The number of phenolic OH excluding ortho intramolecular Hbond substituents is 1. The lowest BCUT2D eigenvalue weighted by Crippen LogP contribution is -2.25. The van der Waals surface area contributed by atoms with E-state index < -0.39 is 11.3 Å². The van der Waals surface area contributed by atoms with Gasteiger partial charge in [0.1, 0.15) is 28.4 Å². The first-order chi connectivity index (χ1) is 14.9. The second kappa shape index (κ2) is 9.69. The number of nitrogens with one attached hydrogen (secondary N) is 1. The van der Waals surface area contributed by atoms with Gasteiger partial charge in [-0.2, -0.15) is 0 Å². The van der Waals surface area contributed by atoms with Crippen LogP contribution in [-0.4, -0.2) is 18.1 Å². The predicted octanol–water partition coefficient (Wildman–Crippen LogP) is 5.23. The maximum Gasteiger partial charge on any atom is 0.263 e. The number of fused-ring (bicyclic) bond motifs is 1. The highest BCUT2D eigenvalue weighted by Gasteiger charge is 2.23. The van der Waals surface area contributed by atoms with Crippen molar-refractivity contribution < 1.29 is 19.1 Å². The molecule has 0 saturated heterocycles. The number of methoxy groups -OCH3 is 1. The summed E-state index contributed by atoms with van der Waals surface area (Å²) in [5.74, 6) is 0.548. The number of ether oxygens (including phenoxy) is 1. The smallest absolute Gasteiger partial charge is 0.263 e. The van der Waals surface area contributed by atoms with E-state index in [1.165, 1.54) is 12.1 Å². The average molecular weight is 424 g/mol. The minimum absolute atomic E-state index is 0.00789. The molecule has 1 heterocycles. The van der Waals surface area contributed by atoms with Gasteiger partial charge in [0.25, 0.3) is 5.91 Å². The van der Waals surface area contributed by atoms with Gasteiger partial charge in [-0.25, -0.2) is 0 Å². The summed E-state index contributed by atoms with van der Waals surface area (Å²) < 4.78 is 11.3. The van der Waals surface area contributed by atoms with E-state index in [9.17, 15) is 14.7 Å². The van der Waals surface area contributed by atoms with Crippen molar-refractivity contribution in [3.63, 3.8) is 0 Å². The van der Waals surface area contributed by atoms with Gasteiger partial charge in [-0.15, -0.1) is 0 Å². The molecule has 1 aromatic heterocycles. The zero-order valence-electron chi connectivity index (χ0n) is 18.5. The third-order valence-electron chi connectivity index (χ3n) is 5.44. The lowest BCUT2D eigenvalue weighted by atomic mass is 10.0. The minimum Gasteiger partial charge on any atom is -0.508 e. The van der Waals surface area contributed by atoms with Crippen LogP contribution in [0.2, 0.25) is 0 Å². The highest BCUT2D eigenvalue weighted by Crippen LogP contribution is 2.29. The molecule has 0 fully saturated rings. The van der Waals surface area contributed by atoms with E-state index in [1.807, 2.05) is 32.9 Å². The molecule has 2 N–H and O–H groups in total. The first-order valence-corrected chi connectivity index (χ1v) is 10.7. The van der Waals surface area contributed by atoms with Gasteiger partial charge < -0.3 is 19.6 Å². The molecule has 0 unspecified atom stereocenters. The monoisotopic (exact) mass is 423 g/mol. The van der Waals surface area contributed by atoms with Gasteiger partial charge in [0.15, 0.2) is 0 Å². The average Bonchev–Trinajstić information content (AvgIpc) is 2.77. The predicted molar refractivity (Wildman–Crippen MR) is 122 cm³/mol. The molecular formula is C25H29NO5. The number of unbranched alkanes of at least 4 members (excludes halogenated alkanes) is 1. The van der Waals surface area contributed by atoms with E-state index in [-0.39, 0.29) is 16.7 Å². The molecule has 31 heavy (non-hydrogen) atoms. The van der Waals surface area contributed by atoms with E-state index in [4.69, 9.17) is 9.15 Å². The topological polar surface area (TPSA) is 88.8 Å². The Bertz CT molecular complexity index is 1140.